The predicted molar refractivity (Wildman–Crippen MR) is 100 cm³/mol. The molecular formula is C20H18N4O2. The van der Waals surface area contributed by atoms with Gasteiger partial charge in [0.1, 0.15) is 17.6 Å². The van der Waals surface area contributed by atoms with Crippen LogP contribution in [0, 0.1) is 11.3 Å². The first-order valence-electron chi connectivity index (χ1n) is 8.26. The number of nitrogens with one attached hydrogen (secondary N) is 2. The third-order valence-electron chi connectivity index (χ3n) is 3.70. The van der Waals surface area contributed by atoms with Crippen molar-refractivity contribution in [2.45, 2.75) is 6.92 Å². The van der Waals surface area contributed by atoms with Crippen LogP contribution in [0.5, 0.6) is 5.75 Å². The summed E-state index contributed by atoms with van der Waals surface area (Å²) in [5.41, 5.74) is 2.99. The third-order valence-corrected chi connectivity index (χ3v) is 3.70. The lowest BCUT2D eigenvalue weighted by molar-refractivity contribution is -0.122. The number of carbonyl (C=O) groups is 1. The first-order chi connectivity index (χ1) is 12.7. The standard InChI is InChI=1S/C20H18N4O2/c1-2-22-19(25)13-26-16-9-7-14(8-10-16)11-15(12-21)20-23-17-5-3-4-6-18(17)24-20/h3-11H,2,13H2,1H3,(H,22,25)(H,23,24)/b15-11-. The van der Waals surface area contributed by atoms with Gasteiger partial charge >= 0.3 is 0 Å². The first kappa shape index (κ1) is 17.2. The van der Waals surface area contributed by atoms with Crippen LogP contribution in [-0.2, 0) is 4.79 Å². The monoisotopic (exact) mass is 346 g/mol. The van der Waals surface area contributed by atoms with Gasteiger partial charge in [0.05, 0.1) is 16.6 Å². The highest BCUT2D eigenvalue weighted by atomic mass is 16.5. The van der Waals surface area contributed by atoms with Crippen LogP contribution < -0.4 is 10.1 Å². The second-order valence-corrected chi connectivity index (χ2v) is 5.58. The minimum atomic E-state index is -0.159. The number of nitrogens with zero attached hydrogens (tertiary/aromatic N) is 2. The minimum Gasteiger partial charge on any atom is -0.484 e. The molecule has 130 valence electrons. The normalized spacial score (nSPS) is 11.2. The summed E-state index contributed by atoms with van der Waals surface area (Å²) < 4.78 is 5.41. The highest BCUT2D eigenvalue weighted by Crippen LogP contribution is 2.20. The van der Waals surface area contributed by atoms with E-state index in [1.165, 1.54) is 0 Å². The number of amides is 1. The molecule has 1 amide bonds. The van der Waals surface area contributed by atoms with Crippen molar-refractivity contribution in [1.82, 2.24) is 15.3 Å². The van der Waals surface area contributed by atoms with Crippen molar-refractivity contribution >= 4 is 28.6 Å². The van der Waals surface area contributed by atoms with E-state index < -0.39 is 0 Å². The van der Waals surface area contributed by atoms with Crippen LogP contribution in [0.2, 0.25) is 0 Å². The van der Waals surface area contributed by atoms with Gasteiger partial charge in [-0.3, -0.25) is 4.79 Å². The van der Waals surface area contributed by atoms with Crippen molar-refractivity contribution in [3.8, 4) is 11.8 Å². The molecule has 0 spiro atoms. The summed E-state index contributed by atoms with van der Waals surface area (Å²) in [5, 5.41) is 12.1. The first-order valence-corrected chi connectivity index (χ1v) is 8.26. The van der Waals surface area contributed by atoms with Crippen molar-refractivity contribution in [3.63, 3.8) is 0 Å². The molecule has 0 aliphatic heterocycles. The molecule has 1 aromatic heterocycles. The van der Waals surface area contributed by atoms with Gasteiger partial charge in [0.25, 0.3) is 5.91 Å². The highest BCUT2D eigenvalue weighted by Gasteiger charge is 2.08. The minimum absolute atomic E-state index is 0.0224. The quantitative estimate of drug-likeness (QED) is 0.671. The van der Waals surface area contributed by atoms with Gasteiger partial charge in [-0.2, -0.15) is 5.26 Å². The molecule has 0 aliphatic carbocycles. The number of carbonyl (C=O) groups excluding carboxylic acids is 1. The summed E-state index contributed by atoms with van der Waals surface area (Å²) in [7, 11) is 0. The van der Waals surface area contributed by atoms with E-state index in [2.05, 4.69) is 21.4 Å². The number of rotatable bonds is 6. The molecule has 0 aliphatic rings. The summed E-state index contributed by atoms with van der Waals surface area (Å²) in [6.45, 7) is 2.41. The highest BCUT2D eigenvalue weighted by molar-refractivity contribution is 5.90. The Hall–Kier alpha value is -3.59. The fourth-order valence-electron chi connectivity index (χ4n) is 2.46. The second-order valence-electron chi connectivity index (χ2n) is 5.58. The molecule has 1 heterocycles. The molecule has 6 nitrogen and oxygen atoms in total. The average molecular weight is 346 g/mol. The molecule has 0 bridgehead atoms. The van der Waals surface area contributed by atoms with E-state index in [1.807, 2.05) is 43.3 Å². The largest absolute Gasteiger partial charge is 0.484 e. The Kier molecular flexibility index (Phi) is 5.30. The van der Waals surface area contributed by atoms with E-state index in [9.17, 15) is 10.1 Å². The Morgan fingerprint density at radius 1 is 1.27 bits per heavy atom. The maximum atomic E-state index is 11.4. The maximum Gasteiger partial charge on any atom is 0.257 e. The van der Waals surface area contributed by atoms with Gasteiger partial charge in [0, 0.05) is 6.54 Å². The number of ether oxygens (including phenoxy) is 1. The van der Waals surface area contributed by atoms with Crippen LogP contribution in [0.25, 0.3) is 22.7 Å². The van der Waals surface area contributed by atoms with Crippen LogP contribution in [0.4, 0.5) is 0 Å². The van der Waals surface area contributed by atoms with Gasteiger partial charge in [-0.15, -0.1) is 0 Å². The van der Waals surface area contributed by atoms with Crippen LogP contribution in [0.3, 0.4) is 0 Å². The smallest absolute Gasteiger partial charge is 0.257 e. The number of hydrogen-bond acceptors (Lipinski definition) is 4. The lowest BCUT2D eigenvalue weighted by atomic mass is 10.1. The van der Waals surface area contributed by atoms with Gasteiger partial charge in [-0.05, 0) is 42.8 Å². The zero-order valence-electron chi connectivity index (χ0n) is 14.3. The third kappa shape index (κ3) is 4.08. The molecule has 0 fully saturated rings. The molecule has 26 heavy (non-hydrogen) atoms. The number of allylic oxidation sites excluding steroid dienone is 1. The Bertz CT molecular complexity index is 948. The molecular weight excluding hydrogens is 328 g/mol. The number of aromatic nitrogens is 2. The van der Waals surface area contributed by atoms with Gasteiger partial charge in [-0.1, -0.05) is 24.3 Å². The van der Waals surface area contributed by atoms with E-state index in [1.54, 1.807) is 18.2 Å². The lowest BCUT2D eigenvalue weighted by Gasteiger charge is -2.06. The summed E-state index contributed by atoms with van der Waals surface area (Å²) in [4.78, 5) is 19.0. The van der Waals surface area contributed by atoms with Gasteiger partial charge in [0.15, 0.2) is 6.61 Å². The number of imidazole rings is 1. The number of nitriles is 1. The van der Waals surface area contributed by atoms with Crippen molar-refractivity contribution in [2.24, 2.45) is 0 Å². The maximum absolute atomic E-state index is 11.4. The van der Waals surface area contributed by atoms with E-state index >= 15 is 0 Å². The molecule has 2 N–H and O–H groups in total. The summed E-state index contributed by atoms with van der Waals surface area (Å²) in [6, 6.07) is 17.0. The van der Waals surface area contributed by atoms with Crippen LogP contribution in [0.1, 0.15) is 18.3 Å². The van der Waals surface area contributed by atoms with Crippen LogP contribution in [-0.4, -0.2) is 29.0 Å². The molecule has 3 aromatic rings. The van der Waals surface area contributed by atoms with E-state index in [4.69, 9.17) is 4.74 Å². The summed E-state index contributed by atoms with van der Waals surface area (Å²) >= 11 is 0. The molecule has 0 unspecified atom stereocenters. The molecule has 2 aromatic carbocycles. The van der Waals surface area contributed by atoms with Gasteiger partial charge in [0.2, 0.25) is 0 Å². The molecule has 0 saturated heterocycles. The van der Waals surface area contributed by atoms with Crippen molar-refractivity contribution < 1.29 is 9.53 Å². The second kappa shape index (κ2) is 7.99. The van der Waals surface area contributed by atoms with Gasteiger partial charge < -0.3 is 15.0 Å². The van der Waals surface area contributed by atoms with Crippen LogP contribution in [0.15, 0.2) is 48.5 Å². The SMILES string of the molecule is CCNC(=O)COc1ccc(/C=C(/C#N)c2nc3ccccc3[nH]2)cc1. The topological polar surface area (TPSA) is 90.8 Å². The number of likely N-dealkylation sites (N-methyl/N-ethyl adjacent to an activating group) is 1. The van der Waals surface area contributed by atoms with Crippen molar-refractivity contribution in [3.05, 3.63) is 59.9 Å². The van der Waals surface area contributed by atoms with E-state index in [-0.39, 0.29) is 12.5 Å². The van der Waals surface area contributed by atoms with Crippen LogP contribution >= 0.6 is 0 Å². The number of hydrogen-bond donors (Lipinski definition) is 2. The zero-order valence-corrected chi connectivity index (χ0v) is 14.3. The lowest BCUT2D eigenvalue weighted by Crippen LogP contribution is -2.28. The Morgan fingerprint density at radius 3 is 2.73 bits per heavy atom. The van der Waals surface area contributed by atoms with Gasteiger partial charge in [-0.25, -0.2) is 4.98 Å². The molecule has 0 radical (unpaired) electrons. The fourth-order valence-corrected chi connectivity index (χ4v) is 2.46. The number of H-pyrrole nitrogens is 1. The molecule has 3 rings (SSSR count). The number of benzene rings is 2. The summed E-state index contributed by atoms with van der Waals surface area (Å²) in [6.07, 6.45) is 1.76. The fraction of sp³-hybridized carbons (Fsp3) is 0.150. The average Bonchev–Trinajstić information content (AvgIpc) is 3.09. The Morgan fingerprint density at radius 2 is 2.04 bits per heavy atom. The Balaban J connectivity index is 1.75. The predicted octanol–water partition coefficient (Wildman–Crippen LogP) is 3.14. The van der Waals surface area contributed by atoms with E-state index in [0.717, 1.165) is 16.6 Å². The Labute approximate surface area is 151 Å². The van der Waals surface area contributed by atoms with E-state index in [0.29, 0.717) is 23.7 Å². The molecule has 6 heteroatoms. The number of fused-ring (bicyclic) bond motifs is 1. The molecule has 0 atom stereocenters. The number of aromatic amines is 1. The zero-order chi connectivity index (χ0) is 18.4. The van der Waals surface area contributed by atoms with Crippen molar-refractivity contribution in [1.29, 1.82) is 5.26 Å². The number of para-hydroxylation sites is 2. The molecule has 0 saturated carbocycles. The van der Waals surface area contributed by atoms with Crippen molar-refractivity contribution in [2.75, 3.05) is 13.2 Å². The summed E-state index contributed by atoms with van der Waals surface area (Å²) in [5.74, 6) is 0.967.